The predicted molar refractivity (Wildman–Crippen MR) is 80.6 cm³/mol. The van der Waals surface area contributed by atoms with Crippen LogP contribution in [0.15, 0.2) is 24.3 Å². The summed E-state index contributed by atoms with van der Waals surface area (Å²) in [6.07, 6.45) is 2.25. The van der Waals surface area contributed by atoms with Crippen LogP contribution in [0.5, 0.6) is 5.75 Å². The summed E-state index contributed by atoms with van der Waals surface area (Å²) in [6, 6.07) is 8.12. The Morgan fingerprint density at radius 3 is 2.50 bits per heavy atom. The van der Waals surface area contributed by atoms with Crippen molar-refractivity contribution in [1.29, 1.82) is 0 Å². The summed E-state index contributed by atoms with van der Waals surface area (Å²) in [5.41, 5.74) is 1.26. The first-order valence-electron chi connectivity index (χ1n) is 8.04. The minimum Gasteiger partial charge on any atom is -0.491 e. The lowest BCUT2D eigenvalue weighted by atomic mass is 10.1. The molecule has 2 aliphatic heterocycles. The maximum absolute atomic E-state index is 13.1. The third-order valence-electron chi connectivity index (χ3n) is 4.29. The average Bonchev–Trinajstić information content (AvgIpc) is 3.32. The van der Waals surface area contributed by atoms with E-state index in [-0.39, 0.29) is 18.9 Å². The quantitative estimate of drug-likeness (QED) is 0.723. The second-order valence-corrected chi connectivity index (χ2v) is 6.21. The molecule has 2 aliphatic rings. The van der Waals surface area contributed by atoms with Gasteiger partial charge in [-0.05, 0) is 37.1 Å². The molecule has 22 heavy (non-hydrogen) atoms. The molecule has 3 rings (SSSR count). The highest BCUT2D eigenvalue weighted by Gasteiger charge is 2.33. The Hall–Kier alpha value is -1.20. The van der Waals surface area contributed by atoms with Gasteiger partial charge in [-0.25, -0.2) is 8.78 Å². The van der Waals surface area contributed by atoms with Gasteiger partial charge in [0.25, 0.3) is 5.92 Å². The zero-order chi connectivity index (χ0) is 15.4. The Labute approximate surface area is 130 Å². The van der Waals surface area contributed by atoms with Gasteiger partial charge in [0.2, 0.25) is 0 Å². The summed E-state index contributed by atoms with van der Waals surface area (Å²) < 4.78 is 36.8. The van der Waals surface area contributed by atoms with E-state index in [9.17, 15) is 8.78 Å². The average molecular weight is 311 g/mol. The first-order chi connectivity index (χ1) is 10.6. The van der Waals surface area contributed by atoms with Gasteiger partial charge in [0.1, 0.15) is 18.5 Å². The molecule has 1 atom stereocenters. The molecule has 2 saturated heterocycles. The standard InChI is InChI=1S/C17H23F2NO2/c18-17(19)7-10-20(11-8-17)9-1-2-14-3-5-15(6-4-14)21-12-16-13-22-16/h3-6,16H,1-2,7-13H2/t16-/m1/s1. The Morgan fingerprint density at radius 1 is 1.18 bits per heavy atom. The second kappa shape index (κ2) is 6.92. The van der Waals surface area contributed by atoms with Crippen molar-refractivity contribution in [2.24, 2.45) is 0 Å². The SMILES string of the molecule is FC1(F)CCN(CCCc2ccc(OC[C@@H]3CO3)cc2)CC1. The Balaban J connectivity index is 1.34. The van der Waals surface area contributed by atoms with Crippen LogP contribution in [0.4, 0.5) is 8.78 Å². The highest BCUT2D eigenvalue weighted by Crippen LogP contribution is 2.27. The fourth-order valence-electron chi connectivity index (χ4n) is 2.72. The van der Waals surface area contributed by atoms with Crippen molar-refractivity contribution in [1.82, 2.24) is 4.90 Å². The normalized spacial score (nSPS) is 24.2. The Bertz CT molecular complexity index is 464. The molecule has 0 amide bonds. The lowest BCUT2D eigenvalue weighted by molar-refractivity contribution is -0.0551. The number of hydrogen-bond acceptors (Lipinski definition) is 3. The van der Waals surface area contributed by atoms with E-state index in [1.54, 1.807) is 0 Å². The molecule has 0 saturated carbocycles. The molecule has 2 heterocycles. The van der Waals surface area contributed by atoms with E-state index in [1.807, 2.05) is 12.1 Å². The molecule has 3 nitrogen and oxygen atoms in total. The van der Waals surface area contributed by atoms with Crippen molar-refractivity contribution < 1.29 is 18.3 Å². The molecule has 0 aliphatic carbocycles. The summed E-state index contributed by atoms with van der Waals surface area (Å²) in [5, 5.41) is 0. The Morgan fingerprint density at radius 2 is 1.86 bits per heavy atom. The molecule has 0 spiro atoms. The van der Waals surface area contributed by atoms with Crippen LogP contribution in [0.2, 0.25) is 0 Å². The van der Waals surface area contributed by atoms with E-state index in [0.717, 1.165) is 31.7 Å². The number of nitrogens with zero attached hydrogens (tertiary/aromatic N) is 1. The van der Waals surface area contributed by atoms with Crippen molar-refractivity contribution in [2.75, 3.05) is 32.8 Å². The smallest absolute Gasteiger partial charge is 0.250 e. The largest absolute Gasteiger partial charge is 0.491 e. The number of piperidine rings is 1. The van der Waals surface area contributed by atoms with Crippen molar-refractivity contribution in [3.63, 3.8) is 0 Å². The maximum atomic E-state index is 13.1. The molecule has 0 N–H and O–H groups in total. The molecule has 5 heteroatoms. The number of benzene rings is 1. The van der Waals surface area contributed by atoms with Gasteiger partial charge in [-0.2, -0.15) is 0 Å². The van der Waals surface area contributed by atoms with E-state index in [4.69, 9.17) is 9.47 Å². The number of aryl methyl sites for hydroxylation is 1. The number of epoxide rings is 1. The van der Waals surface area contributed by atoms with E-state index >= 15 is 0 Å². The summed E-state index contributed by atoms with van der Waals surface area (Å²) >= 11 is 0. The van der Waals surface area contributed by atoms with Crippen LogP contribution in [-0.4, -0.2) is 49.8 Å². The Kier molecular flexibility index (Phi) is 4.93. The van der Waals surface area contributed by atoms with Gasteiger partial charge in [-0.1, -0.05) is 12.1 Å². The number of likely N-dealkylation sites (tertiary alicyclic amines) is 1. The number of alkyl halides is 2. The first kappa shape index (κ1) is 15.7. The fourth-order valence-corrected chi connectivity index (χ4v) is 2.72. The summed E-state index contributed by atoms with van der Waals surface area (Å²) in [6.45, 7) is 3.36. The molecule has 0 radical (unpaired) electrons. The zero-order valence-corrected chi connectivity index (χ0v) is 12.8. The highest BCUT2D eigenvalue weighted by molar-refractivity contribution is 5.27. The minimum absolute atomic E-state index is 0.00371. The molecule has 1 aromatic rings. The van der Waals surface area contributed by atoms with Gasteiger partial charge in [-0.3, -0.25) is 0 Å². The topological polar surface area (TPSA) is 25.0 Å². The maximum Gasteiger partial charge on any atom is 0.250 e. The lowest BCUT2D eigenvalue weighted by Crippen LogP contribution is -2.39. The minimum atomic E-state index is -2.45. The third-order valence-corrected chi connectivity index (χ3v) is 4.29. The van der Waals surface area contributed by atoms with E-state index in [1.165, 1.54) is 5.56 Å². The number of halogens is 2. The molecular weight excluding hydrogens is 288 g/mol. The van der Waals surface area contributed by atoms with Crippen molar-refractivity contribution in [3.8, 4) is 5.75 Å². The van der Waals surface area contributed by atoms with E-state index < -0.39 is 5.92 Å². The van der Waals surface area contributed by atoms with Gasteiger partial charge in [0.15, 0.2) is 0 Å². The zero-order valence-electron chi connectivity index (χ0n) is 12.8. The molecule has 0 unspecified atom stereocenters. The van der Waals surface area contributed by atoms with Crippen LogP contribution < -0.4 is 4.74 Å². The van der Waals surface area contributed by atoms with Crippen LogP contribution in [0, 0.1) is 0 Å². The summed E-state index contributed by atoms with van der Waals surface area (Å²) in [4.78, 5) is 2.14. The van der Waals surface area contributed by atoms with Gasteiger partial charge in [0.05, 0.1) is 6.61 Å². The summed E-state index contributed by atoms with van der Waals surface area (Å²) in [7, 11) is 0. The van der Waals surface area contributed by atoms with E-state index in [2.05, 4.69) is 17.0 Å². The van der Waals surface area contributed by atoms with Crippen LogP contribution in [0.1, 0.15) is 24.8 Å². The van der Waals surface area contributed by atoms with Gasteiger partial charge in [0, 0.05) is 25.9 Å². The van der Waals surface area contributed by atoms with E-state index in [0.29, 0.717) is 19.7 Å². The summed E-state index contributed by atoms with van der Waals surface area (Å²) in [5.74, 6) is -1.57. The van der Waals surface area contributed by atoms with Crippen molar-refractivity contribution >= 4 is 0 Å². The second-order valence-electron chi connectivity index (χ2n) is 6.21. The molecule has 0 bridgehead atoms. The molecule has 1 aromatic carbocycles. The molecule has 0 aromatic heterocycles. The van der Waals surface area contributed by atoms with Crippen molar-refractivity contribution in [3.05, 3.63) is 29.8 Å². The number of ether oxygens (including phenoxy) is 2. The van der Waals surface area contributed by atoms with Gasteiger partial charge < -0.3 is 14.4 Å². The molecular formula is C17H23F2NO2. The highest BCUT2D eigenvalue weighted by atomic mass is 19.3. The lowest BCUT2D eigenvalue weighted by Gasteiger charge is -2.31. The first-order valence-corrected chi connectivity index (χ1v) is 8.04. The van der Waals surface area contributed by atoms with Crippen molar-refractivity contribution in [2.45, 2.75) is 37.7 Å². The van der Waals surface area contributed by atoms with Crippen LogP contribution >= 0.6 is 0 Å². The number of rotatable bonds is 7. The predicted octanol–water partition coefficient (Wildman–Crippen LogP) is 3.13. The monoisotopic (exact) mass is 311 g/mol. The van der Waals surface area contributed by atoms with Gasteiger partial charge in [-0.15, -0.1) is 0 Å². The molecule has 122 valence electrons. The van der Waals surface area contributed by atoms with Crippen LogP contribution in [-0.2, 0) is 11.2 Å². The molecule has 2 fully saturated rings. The van der Waals surface area contributed by atoms with Crippen LogP contribution in [0.25, 0.3) is 0 Å². The fraction of sp³-hybridized carbons (Fsp3) is 0.647. The number of hydrogen-bond donors (Lipinski definition) is 0. The third kappa shape index (κ3) is 4.92. The van der Waals surface area contributed by atoms with Gasteiger partial charge >= 0.3 is 0 Å². The van der Waals surface area contributed by atoms with Crippen LogP contribution in [0.3, 0.4) is 0 Å².